The summed E-state index contributed by atoms with van der Waals surface area (Å²) in [5, 5.41) is 0. The van der Waals surface area contributed by atoms with Gasteiger partial charge in [0.05, 0.1) is 25.1 Å². The van der Waals surface area contributed by atoms with Crippen molar-refractivity contribution in [3.05, 3.63) is 40.7 Å². The maximum absolute atomic E-state index is 14.8. The molecule has 0 aromatic heterocycles. The molecule has 1 aliphatic heterocycles. The number of carbonyl (C=O) groups is 2. The summed E-state index contributed by atoms with van der Waals surface area (Å²) in [4.78, 5) is 28.2. The summed E-state index contributed by atoms with van der Waals surface area (Å²) in [6.45, 7) is 10.9. The third-order valence-corrected chi connectivity index (χ3v) is 4.40. The Morgan fingerprint density at radius 1 is 1.36 bits per heavy atom. The van der Waals surface area contributed by atoms with Crippen LogP contribution in [-0.4, -0.2) is 55.0 Å². The lowest BCUT2D eigenvalue weighted by molar-refractivity contribution is -0.0849. The summed E-state index contributed by atoms with van der Waals surface area (Å²) < 4.78 is 40.0. The zero-order chi connectivity index (χ0) is 21.1. The summed E-state index contributed by atoms with van der Waals surface area (Å²) in [5.41, 5.74) is -0.244. The van der Waals surface area contributed by atoms with Crippen LogP contribution in [0.1, 0.15) is 49.0 Å². The fraction of sp³-hybridized carbons (Fsp3) is 0.550. The Morgan fingerprint density at radius 2 is 2.04 bits per heavy atom. The maximum Gasteiger partial charge on any atom is 0.410 e. The Balaban J connectivity index is 2.22. The number of benzene rings is 1. The maximum atomic E-state index is 14.8. The molecule has 0 bridgehead atoms. The van der Waals surface area contributed by atoms with Gasteiger partial charge < -0.3 is 19.2 Å². The highest BCUT2D eigenvalue weighted by Crippen LogP contribution is 2.42. The van der Waals surface area contributed by atoms with Gasteiger partial charge >= 0.3 is 6.09 Å². The number of carbonyl (C=O) groups excluding carboxylic acids is 2. The molecule has 1 heterocycles. The number of halogens is 2. The Labute approximate surface area is 163 Å². The minimum absolute atomic E-state index is 0.0464. The first kappa shape index (κ1) is 21.6. The molecule has 8 heteroatoms. The number of alkyl halides is 2. The number of hydrogen-bond donors (Lipinski definition) is 0. The summed E-state index contributed by atoms with van der Waals surface area (Å²) in [5.74, 6) is -4.55. The molecule has 0 N–H and O–H groups in total. The SMILES string of the molecule is [C-]#[N+]CC(=O)c1ccc(C2CCN(C(=O)OC(C)(C)C)CC2(F)F)cc1OC. The van der Waals surface area contributed by atoms with Crippen LogP contribution < -0.4 is 4.74 Å². The molecule has 1 aliphatic rings. The second-order valence-electron chi connectivity index (χ2n) is 7.70. The Kier molecular flexibility index (Phi) is 6.27. The molecule has 0 radical (unpaired) electrons. The van der Waals surface area contributed by atoms with Gasteiger partial charge in [0.15, 0.2) is 0 Å². The van der Waals surface area contributed by atoms with Gasteiger partial charge in [0.25, 0.3) is 12.5 Å². The predicted molar refractivity (Wildman–Crippen MR) is 98.9 cm³/mol. The molecule has 0 saturated carbocycles. The van der Waals surface area contributed by atoms with Gasteiger partial charge in [-0.3, -0.25) is 4.79 Å². The second kappa shape index (κ2) is 8.13. The van der Waals surface area contributed by atoms with Crippen molar-refractivity contribution in [1.82, 2.24) is 4.90 Å². The quantitative estimate of drug-likeness (QED) is 0.568. The topological polar surface area (TPSA) is 60.2 Å². The molecule has 1 fully saturated rings. The number of rotatable bonds is 4. The van der Waals surface area contributed by atoms with Crippen LogP contribution in [0.3, 0.4) is 0 Å². The van der Waals surface area contributed by atoms with Crippen LogP contribution in [0.5, 0.6) is 5.75 Å². The second-order valence-corrected chi connectivity index (χ2v) is 7.70. The average Bonchev–Trinajstić information content (AvgIpc) is 2.59. The highest BCUT2D eigenvalue weighted by molar-refractivity contribution is 6.01. The van der Waals surface area contributed by atoms with E-state index in [1.807, 2.05) is 0 Å². The molecule has 1 atom stereocenters. The summed E-state index contributed by atoms with van der Waals surface area (Å²) in [7, 11) is 1.34. The van der Waals surface area contributed by atoms with E-state index in [-0.39, 0.29) is 30.8 Å². The van der Waals surface area contributed by atoms with Gasteiger partial charge in [0.2, 0.25) is 5.78 Å². The molecule has 1 aromatic rings. The number of ketones is 1. The van der Waals surface area contributed by atoms with Crippen molar-refractivity contribution >= 4 is 11.9 Å². The van der Waals surface area contributed by atoms with E-state index in [0.717, 1.165) is 4.90 Å². The van der Waals surface area contributed by atoms with Crippen LogP contribution in [0.25, 0.3) is 4.85 Å². The van der Waals surface area contributed by atoms with E-state index < -0.39 is 35.9 Å². The first-order chi connectivity index (χ1) is 13.0. The third-order valence-electron chi connectivity index (χ3n) is 4.40. The van der Waals surface area contributed by atoms with Gasteiger partial charge in [-0.05, 0) is 44.9 Å². The van der Waals surface area contributed by atoms with Crippen molar-refractivity contribution in [2.75, 3.05) is 26.7 Å². The first-order valence-corrected chi connectivity index (χ1v) is 8.88. The van der Waals surface area contributed by atoms with Gasteiger partial charge in [0.1, 0.15) is 11.4 Å². The van der Waals surface area contributed by atoms with Crippen LogP contribution in [0.4, 0.5) is 13.6 Å². The zero-order valence-corrected chi connectivity index (χ0v) is 16.4. The van der Waals surface area contributed by atoms with E-state index in [4.69, 9.17) is 16.0 Å². The molecule has 1 unspecified atom stereocenters. The van der Waals surface area contributed by atoms with E-state index in [1.165, 1.54) is 25.3 Å². The number of methoxy groups -OCH3 is 1. The number of likely N-dealkylation sites (tertiary alicyclic amines) is 1. The normalized spacial score (nSPS) is 18.9. The fourth-order valence-electron chi connectivity index (χ4n) is 3.14. The largest absolute Gasteiger partial charge is 0.496 e. The minimum Gasteiger partial charge on any atom is -0.496 e. The fourth-order valence-corrected chi connectivity index (χ4v) is 3.14. The summed E-state index contributed by atoms with van der Waals surface area (Å²) in [6, 6.07) is 4.29. The van der Waals surface area contributed by atoms with Crippen LogP contribution in [0, 0.1) is 6.57 Å². The van der Waals surface area contributed by atoms with E-state index in [0.29, 0.717) is 5.56 Å². The van der Waals surface area contributed by atoms with Gasteiger partial charge in [-0.1, -0.05) is 6.07 Å². The molecular weight excluding hydrogens is 370 g/mol. The highest BCUT2D eigenvalue weighted by Gasteiger charge is 2.47. The molecule has 1 amide bonds. The van der Waals surface area contributed by atoms with E-state index in [1.54, 1.807) is 20.8 Å². The Bertz CT molecular complexity index is 796. The Hall–Kier alpha value is -2.69. The molecule has 1 aromatic carbocycles. The predicted octanol–water partition coefficient (Wildman–Crippen LogP) is 4.16. The van der Waals surface area contributed by atoms with Crippen molar-refractivity contribution in [2.24, 2.45) is 0 Å². The van der Waals surface area contributed by atoms with Crippen LogP contribution in [0.15, 0.2) is 18.2 Å². The number of Topliss-reactive ketones (excluding diaryl/α,β-unsaturated/α-hetero) is 1. The smallest absolute Gasteiger partial charge is 0.410 e. The molecule has 0 spiro atoms. The van der Waals surface area contributed by atoms with Crippen molar-refractivity contribution in [3.8, 4) is 5.75 Å². The zero-order valence-electron chi connectivity index (χ0n) is 16.4. The highest BCUT2D eigenvalue weighted by atomic mass is 19.3. The standard InChI is InChI=1S/C20H24F2N2O4/c1-19(2,3)28-18(26)24-9-8-15(20(21,22)12-24)13-6-7-14(16(25)11-23-4)17(10-13)27-5/h6-7,10,15H,8-9,11-12H2,1-3,5H3. The van der Waals surface area contributed by atoms with Crippen LogP contribution in [-0.2, 0) is 4.74 Å². The van der Waals surface area contributed by atoms with Crippen LogP contribution >= 0.6 is 0 Å². The van der Waals surface area contributed by atoms with E-state index >= 15 is 0 Å². The molecule has 6 nitrogen and oxygen atoms in total. The van der Waals surface area contributed by atoms with Crippen LogP contribution in [0.2, 0.25) is 0 Å². The van der Waals surface area contributed by atoms with Gasteiger partial charge in [-0.25, -0.2) is 20.1 Å². The van der Waals surface area contributed by atoms with Crippen molar-refractivity contribution < 1.29 is 27.8 Å². The lowest BCUT2D eigenvalue weighted by atomic mass is 9.85. The third kappa shape index (κ3) is 4.97. The van der Waals surface area contributed by atoms with Gasteiger partial charge in [0, 0.05) is 6.54 Å². The van der Waals surface area contributed by atoms with E-state index in [2.05, 4.69) is 4.85 Å². The first-order valence-electron chi connectivity index (χ1n) is 8.88. The lowest BCUT2D eigenvalue weighted by Crippen LogP contribution is -2.50. The monoisotopic (exact) mass is 394 g/mol. The minimum atomic E-state index is -3.16. The number of ether oxygens (including phenoxy) is 2. The van der Waals surface area contributed by atoms with Crippen molar-refractivity contribution in [3.63, 3.8) is 0 Å². The summed E-state index contributed by atoms with van der Waals surface area (Å²) >= 11 is 0. The molecule has 2 rings (SSSR count). The molecule has 0 aliphatic carbocycles. The van der Waals surface area contributed by atoms with E-state index in [9.17, 15) is 18.4 Å². The van der Waals surface area contributed by atoms with Gasteiger partial charge in [-0.15, -0.1) is 0 Å². The summed E-state index contributed by atoms with van der Waals surface area (Å²) in [6.07, 6.45) is -0.714. The number of nitrogens with zero attached hydrogens (tertiary/aromatic N) is 2. The number of piperidine rings is 1. The molecule has 152 valence electrons. The van der Waals surface area contributed by atoms with Crippen molar-refractivity contribution in [2.45, 2.75) is 44.6 Å². The molecular formula is C20H24F2N2O4. The number of amides is 1. The Morgan fingerprint density at radius 3 is 2.57 bits per heavy atom. The van der Waals surface area contributed by atoms with Crippen molar-refractivity contribution in [1.29, 1.82) is 0 Å². The lowest BCUT2D eigenvalue weighted by Gasteiger charge is -2.39. The number of hydrogen-bond acceptors (Lipinski definition) is 4. The average molecular weight is 394 g/mol. The van der Waals surface area contributed by atoms with Gasteiger partial charge in [-0.2, -0.15) is 0 Å². The molecule has 1 saturated heterocycles. The molecule has 28 heavy (non-hydrogen) atoms.